The van der Waals surface area contributed by atoms with Crippen LogP contribution in [0.4, 0.5) is 0 Å². The molecule has 3 atom stereocenters. The molecular weight excluding hydrogens is 416 g/mol. The van der Waals surface area contributed by atoms with Gasteiger partial charge in [-0.05, 0) is 32.9 Å². The van der Waals surface area contributed by atoms with Crippen molar-refractivity contribution in [3.63, 3.8) is 0 Å². The van der Waals surface area contributed by atoms with Gasteiger partial charge in [0.1, 0.15) is 8.42 Å². The van der Waals surface area contributed by atoms with Crippen LogP contribution >= 0.6 is 11.3 Å². The first-order chi connectivity index (χ1) is 12.4. The highest BCUT2D eigenvalue weighted by Gasteiger charge is 2.40. The van der Waals surface area contributed by atoms with Gasteiger partial charge in [0.2, 0.25) is 0 Å². The molecule has 2 rings (SSSR count). The van der Waals surface area contributed by atoms with Crippen LogP contribution in [-0.4, -0.2) is 46.6 Å². The smallest absolute Gasteiger partial charge is 0.303 e. The number of hydrogen-bond acceptors (Lipinski definition) is 9. The summed E-state index contributed by atoms with van der Waals surface area (Å²) in [5.74, 6) is -1.74. The molecule has 0 aliphatic carbocycles. The zero-order chi connectivity index (χ0) is 20.6. The topological polar surface area (TPSA) is 136 Å². The third-order valence-electron chi connectivity index (χ3n) is 4.10. The highest BCUT2D eigenvalue weighted by atomic mass is 32.3. The second-order valence-electron chi connectivity index (χ2n) is 6.23. The number of sulfone groups is 1. The molecule has 0 saturated heterocycles. The van der Waals surface area contributed by atoms with Gasteiger partial charge >= 0.3 is 5.97 Å². The quantitative estimate of drug-likeness (QED) is 0.620. The Morgan fingerprint density at radius 3 is 2.59 bits per heavy atom. The summed E-state index contributed by atoms with van der Waals surface area (Å²) in [7, 11) is -7.95. The van der Waals surface area contributed by atoms with E-state index in [2.05, 4.69) is 10.1 Å². The molecule has 1 aromatic heterocycles. The van der Waals surface area contributed by atoms with Crippen molar-refractivity contribution in [1.82, 2.24) is 10.0 Å². The number of ether oxygens (including phenoxy) is 1. The highest BCUT2D eigenvalue weighted by molar-refractivity contribution is 7.95. The first kappa shape index (κ1) is 21.8. The van der Waals surface area contributed by atoms with Gasteiger partial charge in [-0.2, -0.15) is 0 Å². The maximum atomic E-state index is 12.6. The number of sulfonamides is 1. The van der Waals surface area contributed by atoms with Gasteiger partial charge in [0, 0.05) is 18.5 Å². The summed E-state index contributed by atoms with van der Waals surface area (Å²) in [6.07, 6.45) is -0.972. The molecule has 1 aromatic rings. The van der Waals surface area contributed by atoms with Crippen molar-refractivity contribution in [1.29, 1.82) is 0 Å². The number of rotatable bonds is 6. The third-order valence-corrected chi connectivity index (χ3v) is 9.81. The number of amides is 1. The minimum Gasteiger partial charge on any atom is -0.453 e. The number of carbonyl (C=O) groups is 2. The highest BCUT2D eigenvalue weighted by Crippen LogP contribution is 2.42. The Morgan fingerprint density at radius 1 is 1.41 bits per heavy atom. The molecule has 1 amide bonds. The van der Waals surface area contributed by atoms with Gasteiger partial charge in [0.25, 0.3) is 15.9 Å². The Morgan fingerprint density at radius 2 is 2.04 bits per heavy atom. The number of thiophene rings is 1. The number of fused-ring (bicyclic) bond motifs is 1. The molecule has 2 heterocycles. The van der Waals surface area contributed by atoms with Gasteiger partial charge in [-0.1, -0.05) is 6.92 Å². The fourth-order valence-corrected chi connectivity index (χ4v) is 7.78. The van der Waals surface area contributed by atoms with E-state index >= 15 is 0 Å². The van der Waals surface area contributed by atoms with Crippen LogP contribution < -0.4 is 10.0 Å². The second kappa shape index (κ2) is 7.86. The second-order valence-corrected chi connectivity index (χ2v) is 11.8. The molecule has 0 spiro atoms. The Labute approximate surface area is 162 Å². The molecule has 0 radical (unpaired) electrons. The van der Waals surface area contributed by atoms with Crippen molar-refractivity contribution < 1.29 is 31.2 Å². The monoisotopic (exact) mass is 438 g/mol. The van der Waals surface area contributed by atoms with Crippen LogP contribution in [0.2, 0.25) is 0 Å². The van der Waals surface area contributed by atoms with Crippen molar-refractivity contribution in [3.8, 4) is 0 Å². The predicted octanol–water partition coefficient (Wildman–Crippen LogP) is 0.721. The lowest BCUT2D eigenvalue weighted by Crippen LogP contribution is -2.39. The molecule has 0 bridgehead atoms. The summed E-state index contributed by atoms with van der Waals surface area (Å²) in [5.41, 5.74) is 0.390. The van der Waals surface area contributed by atoms with Crippen molar-refractivity contribution in [3.05, 3.63) is 11.6 Å². The van der Waals surface area contributed by atoms with Crippen LogP contribution in [0.3, 0.4) is 0 Å². The third kappa shape index (κ3) is 4.50. The van der Waals surface area contributed by atoms with Crippen molar-refractivity contribution in [2.24, 2.45) is 0 Å². The van der Waals surface area contributed by atoms with Crippen LogP contribution in [0, 0.1) is 0 Å². The van der Waals surface area contributed by atoms with Crippen molar-refractivity contribution in [2.75, 3.05) is 6.54 Å². The summed E-state index contributed by atoms with van der Waals surface area (Å²) in [5, 5.41) is 2.51. The van der Waals surface area contributed by atoms with E-state index in [1.807, 2.05) is 11.6 Å². The minimum absolute atomic E-state index is 0.00643. The predicted molar refractivity (Wildman–Crippen MR) is 98.6 cm³/mol. The molecule has 0 saturated carbocycles. The molecule has 1 aliphatic rings. The average Bonchev–Trinajstić information content (AvgIpc) is 2.99. The molecule has 0 fully saturated rings. The van der Waals surface area contributed by atoms with E-state index in [1.165, 1.54) is 13.0 Å². The lowest BCUT2D eigenvalue weighted by molar-refractivity contribution is -0.152. The van der Waals surface area contributed by atoms with E-state index in [0.717, 1.165) is 6.92 Å². The number of carbonyl (C=O) groups excluding carboxylic acids is 2. The lowest BCUT2D eigenvalue weighted by Gasteiger charge is -2.27. The molecule has 0 aromatic carbocycles. The van der Waals surface area contributed by atoms with Gasteiger partial charge in [0.05, 0.1) is 5.25 Å². The van der Waals surface area contributed by atoms with Crippen LogP contribution in [0.15, 0.2) is 14.5 Å². The average molecular weight is 439 g/mol. The fraction of sp³-hybridized carbons (Fsp3) is 0.600. The van der Waals surface area contributed by atoms with Crippen LogP contribution in [0.5, 0.6) is 0 Å². The first-order valence-corrected chi connectivity index (χ1v) is 12.1. The first-order valence-electron chi connectivity index (χ1n) is 8.25. The summed E-state index contributed by atoms with van der Waals surface area (Å²) in [4.78, 5) is 22.9. The van der Waals surface area contributed by atoms with Gasteiger partial charge in [-0.15, -0.1) is 11.3 Å². The molecule has 1 aliphatic heterocycles. The van der Waals surface area contributed by atoms with Gasteiger partial charge < -0.3 is 10.1 Å². The molecule has 1 unspecified atom stereocenters. The molecule has 12 heteroatoms. The van der Waals surface area contributed by atoms with E-state index in [-0.39, 0.29) is 14.5 Å². The summed E-state index contributed by atoms with van der Waals surface area (Å²) in [6.45, 7) is 6.37. The van der Waals surface area contributed by atoms with E-state index in [9.17, 15) is 26.4 Å². The van der Waals surface area contributed by atoms with Gasteiger partial charge in [0.15, 0.2) is 15.9 Å². The van der Waals surface area contributed by atoms with E-state index < -0.39 is 43.1 Å². The zero-order valence-electron chi connectivity index (χ0n) is 15.3. The maximum Gasteiger partial charge on any atom is 0.303 e. The Bertz CT molecular complexity index is 950. The van der Waals surface area contributed by atoms with E-state index in [1.54, 1.807) is 6.92 Å². The van der Waals surface area contributed by atoms with Crippen LogP contribution in [0.1, 0.15) is 45.7 Å². The summed E-state index contributed by atoms with van der Waals surface area (Å²) >= 11 is 0.612. The number of hydrogen-bond donors (Lipinski definition) is 2. The standard InChI is InChI=1S/C15H22N2O7S3/c1-5-16-12-6-8(2)26(20,21)15-11(12)7-13(25-15)27(22,23)17-14(19)9(3)24-10(4)18/h7-9,12,16H,5-6H2,1-4H3,(H,17,19)/t8-,9?,12-/m0/s1. The Hall–Kier alpha value is -1.50. The largest absolute Gasteiger partial charge is 0.453 e. The van der Waals surface area contributed by atoms with E-state index in [0.29, 0.717) is 29.9 Å². The van der Waals surface area contributed by atoms with Gasteiger partial charge in [-0.3, -0.25) is 9.59 Å². The minimum atomic E-state index is -4.30. The summed E-state index contributed by atoms with van der Waals surface area (Å²) < 4.78 is 56.4. The van der Waals surface area contributed by atoms with E-state index in [4.69, 9.17) is 0 Å². The van der Waals surface area contributed by atoms with Crippen LogP contribution in [-0.2, 0) is 34.2 Å². The van der Waals surface area contributed by atoms with Crippen molar-refractivity contribution >= 4 is 43.1 Å². The summed E-state index contributed by atoms with van der Waals surface area (Å²) in [6, 6.07) is 0.988. The fourth-order valence-electron chi connectivity index (χ4n) is 2.74. The Balaban J connectivity index is 2.39. The molecule has 2 N–H and O–H groups in total. The molecule has 27 heavy (non-hydrogen) atoms. The maximum absolute atomic E-state index is 12.6. The SMILES string of the molecule is CCN[C@H]1C[C@H](C)S(=O)(=O)c2sc(S(=O)(=O)NC(=O)C(C)OC(C)=O)cc21. The van der Waals surface area contributed by atoms with Crippen molar-refractivity contribution in [2.45, 2.75) is 59.9 Å². The van der Waals surface area contributed by atoms with Gasteiger partial charge in [-0.25, -0.2) is 21.6 Å². The normalized spacial score (nSPS) is 22.5. The Kier molecular flexibility index (Phi) is 6.34. The number of nitrogens with one attached hydrogen (secondary N) is 2. The molecular formula is C15H22N2O7S3. The zero-order valence-corrected chi connectivity index (χ0v) is 17.8. The lowest BCUT2D eigenvalue weighted by atomic mass is 10.1. The number of esters is 1. The molecule has 9 nitrogen and oxygen atoms in total. The molecule has 152 valence electrons. The van der Waals surface area contributed by atoms with Crippen LogP contribution in [0.25, 0.3) is 0 Å².